The highest BCUT2D eigenvalue weighted by molar-refractivity contribution is 6.30. The quantitative estimate of drug-likeness (QED) is 0.803. The second kappa shape index (κ2) is 5.38. The van der Waals surface area contributed by atoms with Crippen LogP contribution in [-0.4, -0.2) is 5.91 Å². The Morgan fingerprint density at radius 1 is 1.21 bits per heavy atom. The molecule has 1 fully saturated rings. The molecule has 0 bridgehead atoms. The van der Waals surface area contributed by atoms with Gasteiger partial charge in [0.1, 0.15) is 0 Å². The molecule has 0 aromatic heterocycles. The molecule has 0 heterocycles. The number of anilines is 1. The number of rotatable bonds is 2. The van der Waals surface area contributed by atoms with Crippen molar-refractivity contribution in [2.24, 2.45) is 17.8 Å². The second-order valence-corrected chi connectivity index (χ2v) is 5.91. The largest absolute Gasteiger partial charge is 0.326 e. The standard InChI is InChI=1S/C16H18ClNO/c17-11-7-9-12(10-8-11)18-16(19)15-13-5-3-1-2-4-6-14(13)15/h3,5,7-10,13-15H,1-2,4,6H2,(H,18,19)/t13-,14-,15-/m1/s1. The van der Waals surface area contributed by atoms with Crippen molar-refractivity contribution in [3.8, 4) is 0 Å². The molecule has 2 aliphatic carbocycles. The average molecular weight is 276 g/mol. The monoisotopic (exact) mass is 275 g/mol. The lowest BCUT2D eigenvalue weighted by atomic mass is 10.1. The first kappa shape index (κ1) is 12.7. The van der Waals surface area contributed by atoms with E-state index in [9.17, 15) is 4.79 Å². The van der Waals surface area contributed by atoms with E-state index in [1.165, 1.54) is 19.3 Å². The van der Waals surface area contributed by atoms with E-state index < -0.39 is 0 Å². The van der Waals surface area contributed by atoms with Crippen LogP contribution in [0.3, 0.4) is 0 Å². The maximum Gasteiger partial charge on any atom is 0.228 e. The zero-order valence-corrected chi connectivity index (χ0v) is 11.6. The lowest BCUT2D eigenvalue weighted by molar-refractivity contribution is -0.117. The van der Waals surface area contributed by atoms with Gasteiger partial charge in [-0.05, 0) is 55.4 Å². The summed E-state index contributed by atoms with van der Waals surface area (Å²) in [6, 6.07) is 7.29. The first-order valence-electron chi connectivity index (χ1n) is 6.99. The number of hydrogen-bond acceptors (Lipinski definition) is 1. The molecule has 0 spiro atoms. The maximum absolute atomic E-state index is 12.3. The second-order valence-electron chi connectivity index (χ2n) is 5.48. The van der Waals surface area contributed by atoms with E-state index in [1.54, 1.807) is 12.1 Å². The molecule has 1 saturated carbocycles. The predicted molar refractivity (Wildman–Crippen MR) is 78.2 cm³/mol. The molecule has 1 amide bonds. The van der Waals surface area contributed by atoms with Crippen LogP contribution >= 0.6 is 11.6 Å². The van der Waals surface area contributed by atoms with Crippen molar-refractivity contribution in [2.45, 2.75) is 25.7 Å². The van der Waals surface area contributed by atoms with Crippen molar-refractivity contribution in [1.29, 1.82) is 0 Å². The van der Waals surface area contributed by atoms with Gasteiger partial charge in [-0.2, -0.15) is 0 Å². The number of carbonyl (C=O) groups excluding carboxylic acids is 1. The Kier molecular flexibility index (Phi) is 3.61. The maximum atomic E-state index is 12.3. The number of nitrogens with one attached hydrogen (secondary N) is 1. The molecular formula is C16H18ClNO. The van der Waals surface area contributed by atoms with Crippen molar-refractivity contribution in [1.82, 2.24) is 0 Å². The third kappa shape index (κ3) is 2.84. The molecule has 3 atom stereocenters. The van der Waals surface area contributed by atoms with Crippen molar-refractivity contribution >= 4 is 23.2 Å². The first-order chi connectivity index (χ1) is 9.25. The van der Waals surface area contributed by atoms with Crippen LogP contribution in [0.25, 0.3) is 0 Å². The lowest BCUT2D eigenvalue weighted by Crippen LogP contribution is -2.15. The lowest BCUT2D eigenvalue weighted by Gasteiger charge is -2.04. The van der Waals surface area contributed by atoms with E-state index in [-0.39, 0.29) is 11.8 Å². The number of hydrogen-bond donors (Lipinski definition) is 1. The molecule has 3 heteroatoms. The molecule has 2 nitrogen and oxygen atoms in total. The Labute approximate surface area is 118 Å². The van der Waals surface area contributed by atoms with Gasteiger partial charge in [0, 0.05) is 16.6 Å². The average Bonchev–Trinajstić information content (AvgIpc) is 3.03. The minimum atomic E-state index is 0.156. The third-order valence-electron chi connectivity index (χ3n) is 4.16. The summed E-state index contributed by atoms with van der Waals surface area (Å²) in [5.41, 5.74) is 0.831. The highest BCUT2D eigenvalue weighted by Gasteiger charge is 2.52. The number of fused-ring (bicyclic) bond motifs is 1. The number of allylic oxidation sites excluding steroid dienone is 2. The van der Waals surface area contributed by atoms with Gasteiger partial charge in [0.05, 0.1) is 0 Å². The van der Waals surface area contributed by atoms with Gasteiger partial charge in [0.2, 0.25) is 5.91 Å². The summed E-state index contributed by atoms with van der Waals surface area (Å²) in [6.07, 6.45) is 9.34. The Morgan fingerprint density at radius 3 is 2.79 bits per heavy atom. The summed E-state index contributed by atoms with van der Waals surface area (Å²) in [5, 5.41) is 3.69. The molecule has 100 valence electrons. The highest BCUT2D eigenvalue weighted by Crippen LogP contribution is 2.51. The van der Waals surface area contributed by atoms with Crippen LogP contribution in [0.15, 0.2) is 36.4 Å². The molecule has 19 heavy (non-hydrogen) atoms. The molecule has 0 radical (unpaired) electrons. The Hall–Kier alpha value is -1.28. The Morgan fingerprint density at radius 2 is 2.00 bits per heavy atom. The van der Waals surface area contributed by atoms with E-state index in [2.05, 4.69) is 17.5 Å². The van der Waals surface area contributed by atoms with Crippen LogP contribution < -0.4 is 5.32 Å². The van der Waals surface area contributed by atoms with Gasteiger partial charge in [-0.1, -0.05) is 30.2 Å². The molecular weight excluding hydrogens is 258 g/mol. The third-order valence-corrected chi connectivity index (χ3v) is 4.41. The number of amides is 1. The van der Waals surface area contributed by atoms with Crippen LogP contribution in [0.4, 0.5) is 5.69 Å². The van der Waals surface area contributed by atoms with E-state index >= 15 is 0 Å². The summed E-state index contributed by atoms with van der Waals surface area (Å²) >= 11 is 5.84. The van der Waals surface area contributed by atoms with E-state index in [4.69, 9.17) is 11.6 Å². The summed E-state index contributed by atoms with van der Waals surface area (Å²) in [4.78, 5) is 12.3. The van der Waals surface area contributed by atoms with Gasteiger partial charge in [-0.25, -0.2) is 0 Å². The van der Waals surface area contributed by atoms with Gasteiger partial charge >= 0.3 is 0 Å². The van der Waals surface area contributed by atoms with Crippen LogP contribution in [0, 0.1) is 17.8 Å². The van der Waals surface area contributed by atoms with Gasteiger partial charge in [0.15, 0.2) is 0 Å². The van der Waals surface area contributed by atoms with Crippen LogP contribution in [0.5, 0.6) is 0 Å². The fourth-order valence-corrected chi connectivity index (χ4v) is 3.18. The zero-order valence-electron chi connectivity index (χ0n) is 10.8. The fraction of sp³-hybridized carbons (Fsp3) is 0.438. The normalized spacial score (nSPS) is 29.0. The molecule has 2 aliphatic rings. The van der Waals surface area contributed by atoms with E-state index in [0.717, 1.165) is 12.1 Å². The number of halogens is 1. The molecule has 0 aliphatic heterocycles. The zero-order chi connectivity index (χ0) is 13.2. The van der Waals surface area contributed by atoms with Gasteiger partial charge in [-0.15, -0.1) is 0 Å². The molecule has 1 aromatic carbocycles. The summed E-state index contributed by atoms with van der Waals surface area (Å²) in [7, 11) is 0. The van der Waals surface area contributed by atoms with Crippen LogP contribution in [0.1, 0.15) is 25.7 Å². The molecule has 1 aromatic rings. The highest BCUT2D eigenvalue weighted by atomic mass is 35.5. The van der Waals surface area contributed by atoms with Crippen molar-refractivity contribution in [3.63, 3.8) is 0 Å². The summed E-state index contributed by atoms with van der Waals surface area (Å²) < 4.78 is 0. The molecule has 3 rings (SSSR count). The summed E-state index contributed by atoms with van der Waals surface area (Å²) in [6.45, 7) is 0. The van der Waals surface area contributed by atoms with Gasteiger partial charge < -0.3 is 5.32 Å². The predicted octanol–water partition coefficient (Wildman–Crippen LogP) is 4.27. The number of benzene rings is 1. The van der Waals surface area contributed by atoms with Crippen molar-refractivity contribution in [2.75, 3.05) is 5.32 Å². The number of carbonyl (C=O) groups is 1. The fourth-order valence-electron chi connectivity index (χ4n) is 3.06. The topological polar surface area (TPSA) is 29.1 Å². The van der Waals surface area contributed by atoms with E-state index in [0.29, 0.717) is 16.9 Å². The summed E-state index contributed by atoms with van der Waals surface area (Å²) in [5.74, 6) is 1.35. The molecule has 0 saturated heterocycles. The minimum absolute atomic E-state index is 0.156. The SMILES string of the molecule is O=C(Nc1ccc(Cl)cc1)[C@@H]1[C@@H]2C=CCCCC[C@H]21. The van der Waals surface area contributed by atoms with Gasteiger partial charge in [-0.3, -0.25) is 4.79 Å². The minimum Gasteiger partial charge on any atom is -0.326 e. The molecule has 1 N–H and O–H groups in total. The van der Waals surface area contributed by atoms with Gasteiger partial charge in [0.25, 0.3) is 0 Å². The Bertz CT molecular complexity index is 494. The van der Waals surface area contributed by atoms with Crippen LogP contribution in [-0.2, 0) is 4.79 Å². The van der Waals surface area contributed by atoms with Crippen molar-refractivity contribution in [3.05, 3.63) is 41.4 Å². The molecule has 0 unspecified atom stereocenters. The first-order valence-corrected chi connectivity index (χ1v) is 7.36. The van der Waals surface area contributed by atoms with Crippen LogP contribution in [0.2, 0.25) is 5.02 Å². The van der Waals surface area contributed by atoms with E-state index in [1.807, 2.05) is 12.1 Å². The van der Waals surface area contributed by atoms with Crippen molar-refractivity contribution < 1.29 is 4.79 Å². The Balaban J connectivity index is 1.64. The smallest absolute Gasteiger partial charge is 0.228 e.